The van der Waals surface area contributed by atoms with Crippen LogP contribution in [0, 0.1) is 0 Å². The van der Waals surface area contributed by atoms with Crippen LogP contribution in [-0.4, -0.2) is 69.4 Å². The Hall–Kier alpha value is -0.0900. The van der Waals surface area contributed by atoms with E-state index in [2.05, 4.69) is 9.84 Å². The summed E-state index contributed by atoms with van der Waals surface area (Å²) in [5.74, 6) is 0. The maximum absolute atomic E-state index is 10.5. The molecule has 1 fully saturated rings. The highest BCUT2D eigenvalue weighted by Gasteiger charge is 2.43. The van der Waals surface area contributed by atoms with E-state index in [1.165, 1.54) is 7.05 Å². The lowest BCUT2D eigenvalue weighted by Crippen LogP contribution is -2.62. The number of rotatable bonds is 4. The van der Waals surface area contributed by atoms with Gasteiger partial charge >= 0.3 is 7.82 Å². The molecule has 5 atom stereocenters. The number of aliphatic hydroxyl groups excluding tert-OH is 3. The number of ether oxygens (including phenoxy) is 1. The quantitative estimate of drug-likeness (QED) is 0.297. The molecule has 1 unspecified atom stereocenters. The van der Waals surface area contributed by atoms with Crippen molar-refractivity contribution in [2.24, 2.45) is 0 Å². The first-order valence-electron chi connectivity index (χ1n) is 4.83. The van der Waals surface area contributed by atoms with E-state index in [0.717, 1.165) is 0 Å². The molecule has 0 saturated carbocycles. The standard InChI is InChI=1S/C7H16NO8P/c1-8-4-6(10)5(9)3(16-7(4)11)2-15-17(12,13)14/h3-11H,2H2,1H3,(H2,12,13,14)/t3-,4-,5-,6-,7?/m1/s1. The van der Waals surface area contributed by atoms with E-state index in [0.29, 0.717) is 0 Å². The summed E-state index contributed by atoms with van der Waals surface area (Å²) in [6.45, 7) is -0.643. The van der Waals surface area contributed by atoms with E-state index in [1.807, 2.05) is 0 Å². The van der Waals surface area contributed by atoms with Crippen LogP contribution in [0.3, 0.4) is 0 Å². The minimum absolute atomic E-state index is 0.643. The number of hydrogen-bond donors (Lipinski definition) is 6. The zero-order valence-electron chi connectivity index (χ0n) is 9.00. The molecule has 1 heterocycles. The van der Waals surface area contributed by atoms with E-state index in [-0.39, 0.29) is 0 Å². The van der Waals surface area contributed by atoms with E-state index in [4.69, 9.17) is 14.5 Å². The molecule has 0 aromatic carbocycles. The summed E-state index contributed by atoms with van der Waals surface area (Å²) in [7, 11) is -3.23. The highest BCUT2D eigenvalue weighted by Crippen LogP contribution is 2.36. The molecule has 9 nitrogen and oxygen atoms in total. The zero-order chi connectivity index (χ0) is 13.2. The Balaban J connectivity index is 2.61. The van der Waals surface area contributed by atoms with Gasteiger partial charge in [-0.1, -0.05) is 0 Å². The summed E-state index contributed by atoms with van der Waals surface area (Å²) in [4.78, 5) is 17.0. The molecule has 0 aromatic rings. The average molecular weight is 273 g/mol. The van der Waals surface area contributed by atoms with E-state index in [9.17, 15) is 19.9 Å². The summed E-state index contributed by atoms with van der Waals surface area (Å²) in [5, 5.41) is 31.2. The number of phosphoric ester groups is 1. The van der Waals surface area contributed by atoms with Crippen LogP contribution in [0.25, 0.3) is 0 Å². The van der Waals surface area contributed by atoms with Gasteiger partial charge in [0.2, 0.25) is 0 Å². The van der Waals surface area contributed by atoms with Crippen molar-refractivity contribution >= 4 is 7.82 Å². The summed E-state index contributed by atoms with van der Waals surface area (Å²) in [6, 6.07) is -0.892. The molecule has 0 aromatic heterocycles. The van der Waals surface area contributed by atoms with Crippen LogP contribution in [0.2, 0.25) is 0 Å². The van der Waals surface area contributed by atoms with Crippen molar-refractivity contribution in [1.82, 2.24) is 5.32 Å². The molecule has 17 heavy (non-hydrogen) atoms. The van der Waals surface area contributed by atoms with Gasteiger partial charge in [-0.3, -0.25) is 4.52 Å². The molecule has 1 rings (SSSR count). The van der Waals surface area contributed by atoms with E-state index in [1.54, 1.807) is 0 Å². The Kier molecular flexibility index (Phi) is 5.02. The summed E-state index contributed by atoms with van der Waals surface area (Å²) in [6.07, 6.45) is -5.41. The lowest BCUT2D eigenvalue weighted by Gasteiger charge is -2.40. The molecule has 1 aliphatic rings. The lowest BCUT2D eigenvalue weighted by atomic mass is 9.97. The summed E-state index contributed by atoms with van der Waals surface area (Å²) >= 11 is 0. The monoisotopic (exact) mass is 273 g/mol. The third-order valence-electron chi connectivity index (χ3n) is 2.46. The Bertz CT molecular complexity index is 296. The van der Waals surface area contributed by atoms with Gasteiger partial charge in [-0.15, -0.1) is 0 Å². The topological polar surface area (TPSA) is 149 Å². The first kappa shape index (κ1) is 15.0. The Morgan fingerprint density at radius 2 is 1.88 bits per heavy atom. The van der Waals surface area contributed by atoms with Crippen LogP contribution < -0.4 is 5.32 Å². The van der Waals surface area contributed by atoms with Gasteiger partial charge in [0.1, 0.15) is 18.3 Å². The van der Waals surface area contributed by atoms with Crippen LogP contribution in [0.5, 0.6) is 0 Å². The molecule has 102 valence electrons. The van der Waals surface area contributed by atoms with Gasteiger partial charge in [-0.05, 0) is 7.05 Å². The molecule has 0 amide bonds. The highest BCUT2D eigenvalue weighted by atomic mass is 31.2. The van der Waals surface area contributed by atoms with Crippen LogP contribution in [-0.2, 0) is 13.8 Å². The van der Waals surface area contributed by atoms with Gasteiger partial charge in [0.25, 0.3) is 0 Å². The fraction of sp³-hybridized carbons (Fsp3) is 1.00. The van der Waals surface area contributed by atoms with Gasteiger partial charge in [0.05, 0.1) is 12.6 Å². The number of aliphatic hydroxyl groups is 3. The summed E-state index contributed by atoms with van der Waals surface area (Å²) < 4.78 is 19.5. The van der Waals surface area contributed by atoms with Gasteiger partial charge in [-0.25, -0.2) is 4.57 Å². The predicted octanol–water partition coefficient (Wildman–Crippen LogP) is -2.88. The number of nitrogens with one attached hydrogen (secondary N) is 1. The van der Waals surface area contributed by atoms with Crippen LogP contribution in [0.1, 0.15) is 0 Å². The van der Waals surface area contributed by atoms with Crippen molar-refractivity contribution in [3.05, 3.63) is 0 Å². The maximum atomic E-state index is 10.5. The smallest absolute Gasteiger partial charge is 0.388 e. The molecule has 0 aliphatic carbocycles. The molecular formula is C7H16NO8P. The number of likely N-dealkylation sites (N-methyl/N-ethyl adjacent to an activating group) is 1. The molecule has 6 N–H and O–H groups in total. The molecule has 0 bridgehead atoms. The molecular weight excluding hydrogens is 257 g/mol. The Morgan fingerprint density at radius 1 is 1.29 bits per heavy atom. The largest absolute Gasteiger partial charge is 0.469 e. The van der Waals surface area contributed by atoms with Gasteiger partial charge in [0, 0.05) is 0 Å². The fourth-order valence-electron chi connectivity index (χ4n) is 1.57. The van der Waals surface area contributed by atoms with E-state index >= 15 is 0 Å². The lowest BCUT2D eigenvalue weighted by molar-refractivity contribution is -0.252. The second-order valence-electron chi connectivity index (χ2n) is 3.65. The Labute approximate surface area is 97.2 Å². The van der Waals surface area contributed by atoms with Crippen LogP contribution in [0.15, 0.2) is 0 Å². The second-order valence-corrected chi connectivity index (χ2v) is 4.89. The molecule has 1 aliphatic heterocycles. The van der Waals surface area contributed by atoms with Crippen LogP contribution in [0.4, 0.5) is 0 Å². The normalized spacial score (nSPS) is 39.3. The van der Waals surface area contributed by atoms with Crippen molar-refractivity contribution in [3.8, 4) is 0 Å². The average Bonchev–Trinajstić information content (AvgIpc) is 2.21. The van der Waals surface area contributed by atoms with Crippen molar-refractivity contribution in [1.29, 1.82) is 0 Å². The van der Waals surface area contributed by atoms with Gasteiger partial charge in [0.15, 0.2) is 6.29 Å². The fourth-order valence-corrected chi connectivity index (χ4v) is 1.91. The molecule has 0 spiro atoms. The van der Waals surface area contributed by atoms with Crippen molar-refractivity contribution in [2.45, 2.75) is 30.6 Å². The first-order valence-corrected chi connectivity index (χ1v) is 6.36. The molecule has 10 heteroatoms. The van der Waals surface area contributed by atoms with E-state index < -0.39 is 45.1 Å². The highest BCUT2D eigenvalue weighted by molar-refractivity contribution is 7.46. The second kappa shape index (κ2) is 5.70. The van der Waals surface area contributed by atoms with Crippen molar-refractivity contribution in [3.63, 3.8) is 0 Å². The van der Waals surface area contributed by atoms with Crippen LogP contribution >= 0.6 is 7.82 Å². The third-order valence-corrected chi connectivity index (χ3v) is 2.95. The Morgan fingerprint density at radius 3 is 2.35 bits per heavy atom. The maximum Gasteiger partial charge on any atom is 0.469 e. The SMILES string of the molecule is CN[C@H]1C(O)O[C@H](COP(=O)(O)O)[C@@H](O)[C@@H]1O. The minimum atomic E-state index is -4.69. The predicted molar refractivity (Wildman–Crippen MR) is 53.7 cm³/mol. The van der Waals surface area contributed by atoms with Crippen molar-refractivity contribution in [2.75, 3.05) is 13.7 Å². The number of phosphoric acid groups is 1. The molecule has 0 radical (unpaired) electrons. The minimum Gasteiger partial charge on any atom is -0.388 e. The molecule has 1 saturated heterocycles. The third kappa shape index (κ3) is 3.95. The summed E-state index contributed by atoms with van der Waals surface area (Å²) in [5.41, 5.74) is 0. The zero-order valence-corrected chi connectivity index (χ0v) is 9.90. The van der Waals surface area contributed by atoms with Gasteiger partial charge < -0.3 is 35.2 Å². The number of hydrogen-bond acceptors (Lipinski definition) is 7. The van der Waals surface area contributed by atoms with Crippen molar-refractivity contribution < 1.29 is 38.9 Å². The first-order chi connectivity index (χ1) is 7.76. The van der Waals surface area contributed by atoms with Gasteiger partial charge in [-0.2, -0.15) is 0 Å².